The zero-order valence-corrected chi connectivity index (χ0v) is 17.3. The maximum absolute atomic E-state index is 10.2. The molecule has 0 radical (unpaired) electrons. The minimum atomic E-state index is -1.77. The third-order valence-electron chi connectivity index (χ3n) is 3.29. The Hall–Kier alpha value is -0.757. The van der Waals surface area contributed by atoms with E-state index in [-0.39, 0.29) is 19.5 Å². The first-order chi connectivity index (χ1) is 11.8. The Morgan fingerprint density at radius 1 is 0.667 bits per heavy atom. The zero-order valence-electron chi connectivity index (χ0n) is 14.4. The number of carbonyl (C=O) groups is 2. The van der Waals surface area contributed by atoms with Gasteiger partial charge in [0.25, 0.3) is 0 Å². The molecule has 0 unspecified atom stereocenters. The van der Waals surface area contributed by atoms with Gasteiger partial charge in [-0.15, -0.1) is 0 Å². The number of aliphatic hydroxyl groups excluding tert-OH is 8. The normalized spacial score (nSPS) is 19.6. The van der Waals surface area contributed by atoms with Crippen LogP contribution >= 0.6 is 0 Å². The summed E-state index contributed by atoms with van der Waals surface area (Å²) in [7, 11) is 0. The monoisotopic (exact) mass is 448 g/mol. The molecule has 0 rings (SSSR count). The summed E-state index contributed by atoms with van der Waals surface area (Å²) < 4.78 is 0. The smallest absolute Gasteiger partial charge is 0.553 e. The van der Waals surface area contributed by atoms with Gasteiger partial charge in [-0.25, -0.2) is 0 Å². The Bertz CT molecular complexity index is 385. The molecule has 0 saturated carbocycles. The molecule has 0 heterocycles. The molecule has 0 aliphatic heterocycles. The molecule has 8 atom stereocenters. The summed E-state index contributed by atoms with van der Waals surface area (Å²) in [5, 5.41) is 90.9. The second kappa shape index (κ2) is 15.2. The molecule has 0 aromatic heterocycles. The second-order valence-corrected chi connectivity index (χ2v) is 5.31. The quantitative estimate of drug-likeness (QED) is 0.114. The van der Waals surface area contributed by atoms with E-state index in [0.717, 1.165) is 0 Å². The van der Waals surface area contributed by atoms with Gasteiger partial charge < -0.3 is 74.5 Å². The molecule has 156 valence electrons. The van der Waals surface area contributed by atoms with Gasteiger partial charge in [-0.1, -0.05) is 11.8 Å². The van der Waals surface area contributed by atoms with Crippen LogP contribution in [0.3, 0.4) is 0 Å². The molecule has 0 amide bonds. The summed E-state index contributed by atoms with van der Waals surface area (Å²) in [6, 6.07) is 0. The number of carboxylic acid groups (broad SMARTS) is 2. The summed E-state index contributed by atoms with van der Waals surface area (Å²) in [5.41, 5.74) is 0. The first-order valence-electron chi connectivity index (χ1n) is 7.21. The van der Waals surface area contributed by atoms with Gasteiger partial charge in [-0.05, 0) is 0 Å². The average molecular weight is 450 g/mol. The van der Waals surface area contributed by atoms with Gasteiger partial charge in [-0.3, -0.25) is 0 Å². The topological polar surface area (TPSA) is 242 Å². The molecule has 0 fully saturated rings. The number of carboxylic acids is 2. The van der Waals surface area contributed by atoms with E-state index in [2.05, 4.69) is 13.8 Å². The molecule has 27 heavy (non-hydrogen) atoms. The van der Waals surface area contributed by atoms with Crippen molar-refractivity contribution in [2.24, 2.45) is 11.8 Å². The molecule has 0 aromatic rings. The number of carbonyl (C=O) groups excluding carboxylic acids is 2. The summed E-state index contributed by atoms with van der Waals surface area (Å²) in [5.74, 6) is -6.40. The van der Waals surface area contributed by atoms with Crippen molar-refractivity contribution in [3.63, 3.8) is 0 Å². The van der Waals surface area contributed by atoms with E-state index < -0.39 is 73.6 Å². The fourth-order valence-corrected chi connectivity index (χ4v) is 1.43. The van der Waals surface area contributed by atoms with Gasteiger partial charge in [0.05, 0.1) is 25.4 Å². The second-order valence-electron chi connectivity index (χ2n) is 5.31. The maximum Gasteiger partial charge on any atom is 2.00 e. The van der Waals surface area contributed by atoms with Crippen LogP contribution < -0.4 is 10.2 Å². The van der Waals surface area contributed by atoms with E-state index in [4.69, 9.17) is 40.9 Å². The number of rotatable bonds is 10. The van der Waals surface area contributed by atoms with Gasteiger partial charge >= 0.3 is 19.5 Å². The van der Waals surface area contributed by atoms with E-state index in [1.54, 1.807) is 0 Å². The fraction of sp³-hybridized carbons (Fsp3) is 0.714. The zero-order chi connectivity index (χ0) is 21.2. The standard InChI is InChI=1S/2C7H13O6.Zn/c2*1-3(7(12)13)5(10)6(11)4(9)2-8;/h2*3-6,8-11H,1-2H2,(H,12,13);/q2*-1;+2/p-2/t2*3-,4-,5-,6-;/m11./s1. The Morgan fingerprint density at radius 2 is 0.889 bits per heavy atom. The van der Waals surface area contributed by atoms with Crippen LogP contribution in [0.2, 0.25) is 0 Å². The fourth-order valence-electron chi connectivity index (χ4n) is 1.43. The van der Waals surface area contributed by atoms with E-state index in [1.807, 2.05) is 0 Å². The van der Waals surface area contributed by atoms with Gasteiger partial charge in [0.15, 0.2) is 0 Å². The minimum Gasteiger partial charge on any atom is -0.553 e. The molecule has 0 bridgehead atoms. The predicted octanol–water partition coefficient (Wildman–Crippen LogP) is -7.48. The van der Waals surface area contributed by atoms with Gasteiger partial charge in [0, 0.05) is 11.9 Å². The number of aliphatic hydroxyl groups is 8. The van der Waals surface area contributed by atoms with Gasteiger partial charge in [0.2, 0.25) is 0 Å². The SMILES string of the molecule is [CH2-][C@@H](C(=O)[O-])[C@@H](O)[C@H](O)[C@H](O)CO.[CH2-][C@@H](C(=O)[O-])[C@@H](O)[C@H](O)[C@H](O)CO.[Zn+2]. The molecular formula is C14H24O12Zn-2. The number of hydrogen-bond donors (Lipinski definition) is 8. The minimum absolute atomic E-state index is 0. The Morgan fingerprint density at radius 3 is 1.04 bits per heavy atom. The van der Waals surface area contributed by atoms with Crippen LogP contribution in [-0.2, 0) is 29.1 Å². The van der Waals surface area contributed by atoms with Crippen molar-refractivity contribution in [3.8, 4) is 0 Å². The third-order valence-corrected chi connectivity index (χ3v) is 3.29. The van der Waals surface area contributed by atoms with Crippen molar-refractivity contribution >= 4 is 11.9 Å². The van der Waals surface area contributed by atoms with Crippen LogP contribution in [0.4, 0.5) is 0 Å². The largest absolute Gasteiger partial charge is 2.00 e. The van der Waals surface area contributed by atoms with Crippen LogP contribution in [0.1, 0.15) is 0 Å². The van der Waals surface area contributed by atoms with Crippen LogP contribution in [-0.4, -0.2) is 103 Å². The predicted molar refractivity (Wildman–Crippen MR) is 77.9 cm³/mol. The first-order valence-corrected chi connectivity index (χ1v) is 7.21. The summed E-state index contributed by atoms with van der Waals surface area (Å²) >= 11 is 0. The van der Waals surface area contributed by atoms with Crippen molar-refractivity contribution in [1.29, 1.82) is 0 Å². The molecule has 13 heteroatoms. The number of hydrogen-bond acceptors (Lipinski definition) is 12. The van der Waals surface area contributed by atoms with E-state index in [1.165, 1.54) is 0 Å². The van der Waals surface area contributed by atoms with Crippen LogP contribution in [0.5, 0.6) is 0 Å². The molecular weight excluding hydrogens is 426 g/mol. The summed E-state index contributed by atoms with van der Waals surface area (Å²) in [4.78, 5) is 20.3. The van der Waals surface area contributed by atoms with Gasteiger partial charge in [-0.2, -0.15) is 0 Å². The van der Waals surface area contributed by atoms with E-state index >= 15 is 0 Å². The Kier molecular flexibility index (Phi) is 17.4. The van der Waals surface area contributed by atoms with Gasteiger partial charge in [0.1, 0.15) is 24.4 Å². The summed E-state index contributed by atoms with van der Waals surface area (Å²) in [6.45, 7) is 4.46. The van der Waals surface area contributed by atoms with Crippen molar-refractivity contribution in [3.05, 3.63) is 13.8 Å². The average Bonchev–Trinajstić information content (AvgIpc) is 2.62. The first kappa shape index (κ1) is 31.0. The van der Waals surface area contributed by atoms with E-state index in [0.29, 0.717) is 0 Å². The number of aliphatic carboxylic acids is 2. The molecule has 0 aliphatic carbocycles. The summed E-state index contributed by atoms with van der Waals surface area (Å²) in [6.07, 6.45) is -10.3. The van der Waals surface area contributed by atoms with Crippen molar-refractivity contribution in [1.82, 2.24) is 0 Å². The van der Waals surface area contributed by atoms with Crippen LogP contribution in [0.15, 0.2) is 0 Å². The van der Waals surface area contributed by atoms with Crippen molar-refractivity contribution in [2.45, 2.75) is 36.6 Å². The van der Waals surface area contributed by atoms with Crippen LogP contribution in [0, 0.1) is 25.7 Å². The Balaban J connectivity index is -0.000000411. The molecule has 0 saturated heterocycles. The molecule has 0 spiro atoms. The third kappa shape index (κ3) is 11.0. The molecule has 0 aromatic carbocycles. The molecule has 8 N–H and O–H groups in total. The van der Waals surface area contributed by atoms with E-state index in [9.17, 15) is 19.8 Å². The van der Waals surface area contributed by atoms with Crippen molar-refractivity contribution < 1.29 is 80.1 Å². The van der Waals surface area contributed by atoms with Crippen molar-refractivity contribution in [2.75, 3.05) is 13.2 Å². The Labute approximate surface area is 168 Å². The molecule has 0 aliphatic rings. The molecule has 12 nitrogen and oxygen atoms in total. The van der Waals surface area contributed by atoms with Crippen LogP contribution in [0.25, 0.3) is 0 Å². The maximum atomic E-state index is 10.2.